The molecule has 1 aliphatic rings. The van der Waals surface area contributed by atoms with E-state index in [1.54, 1.807) is 7.11 Å². The molecule has 1 atom stereocenters. The molecule has 2 rings (SSSR count). The van der Waals surface area contributed by atoms with Crippen molar-refractivity contribution >= 4 is 23.0 Å². The number of ether oxygens (including phenoxy) is 2. The zero-order valence-corrected chi connectivity index (χ0v) is 10.6. The maximum absolute atomic E-state index is 6.09. The monoisotopic (exact) mass is 256 g/mol. The largest absolute Gasteiger partial charge is 0.397 e. The number of nitrogens with two attached hydrogens (primary N) is 1. The Morgan fingerprint density at radius 3 is 3.00 bits per heavy atom. The lowest BCUT2D eigenvalue weighted by Gasteiger charge is -2.27. The van der Waals surface area contributed by atoms with Gasteiger partial charge in [0, 0.05) is 26.7 Å². The molecule has 1 aromatic carbocycles. The molecule has 1 unspecified atom stereocenters. The van der Waals surface area contributed by atoms with E-state index >= 15 is 0 Å². The molecule has 1 saturated heterocycles. The molecule has 3 N–H and O–H groups in total. The molecule has 0 radical (unpaired) electrons. The van der Waals surface area contributed by atoms with Gasteiger partial charge in [0.15, 0.2) is 0 Å². The second-order valence-corrected chi connectivity index (χ2v) is 4.65. The van der Waals surface area contributed by atoms with Gasteiger partial charge in [-0.2, -0.15) is 0 Å². The van der Waals surface area contributed by atoms with Crippen LogP contribution in [0.2, 0.25) is 5.02 Å². The van der Waals surface area contributed by atoms with E-state index in [0.717, 1.165) is 18.7 Å². The number of nitrogen functional groups attached to an aromatic ring is 1. The minimum absolute atomic E-state index is 0.272. The third kappa shape index (κ3) is 2.65. The Labute approximate surface area is 106 Å². The van der Waals surface area contributed by atoms with Gasteiger partial charge >= 0.3 is 0 Å². The molecule has 1 heterocycles. The van der Waals surface area contributed by atoms with E-state index in [9.17, 15) is 0 Å². The van der Waals surface area contributed by atoms with Crippen LogP contribution in [0.5, 0.6) is 0 Å². The lowest BCUT2D eigenvalue weighted by Crippen LogP contribution is -2.39. The van der Waals surface area contributed by atoms with Crippen molar-refractivity contribution in [3.63, 3.8) is 0 Å². The molecule has 1 aliphatic heterocycles. The molecule has 0 saturated carbocycles. The van der Waals surface area contributed by atoms with Gasteiger partial charge in [0.1, 0.15) is 5.60 Å². The lowest BCUT2D eigenvalue weighted by molar-refractivity contribution is -0.00618. The van der Waals surface area contributed by atoms with Crippen molar-refractivity contribution in [2.24, 2.45) is 0 Å². The maximum atomic E-state index is 6.09. The van der Waals surface area contributed by atoms with Gasteiger partial charge in [-0.3, -0.25) is 0 Å². The first kappa shape index (κ1) is 12.5. The fraction of sp³-hybridized carbons (Fsp3) is 0.500. The quantitative estimate of drug-likeness (QED) is 0.811. The normalized spacial score (nSPS) is 23.9. The van der Waals surface area contributed by atoms with Crippen molar-refractivity contribution < 1.29 is 9.47 Å². The molecule has 0 spiro atoms. The van der Waals surface area contributed by atoms with Crippen LogP contribution in [0.3, 0.4) is 0 Å². The number of hydrogen-bond donors (Lipinski definition) is 2. The molecule has 0 amide bonds. The zero-order valence-electron chi connectivity index (χ0n) is 9.83. The van der Waals surface area contributed by atoms with E-state index in [1.807, 2.05) is 18.2 Å². The van der Waals surface area contributed by atoms with Gasteiger partial charge < -0.3 is 20.5 Å². The third-order valence-electron chi connectivity index (χ3n) is 3.13. The summed E-state index contributed by atoms with van der Waals surface area (Å²) in [4.78, 5) is 0. The van der Waals surface area contributed by atoms with Crippen LogP contribution in [0.1, 0.15) is 6.42 Å². The minimum atomic E-state index is -0.272. The molecule has 1 aromatic rings. The van der Waals surface area contributed by atoms with Crippen LogP contribution in [-0.2, 0) is 9.47 Å². The van der Waals surface area contributed by atoms with Crippen molar-refractivity contribution in [3.05, 3.63) is 23.2 Å². The Morgan fingerprint density at radius 1 is 1.59 bits per heavy atom. The van der Waals surface area contributed by atoms with Crippen molar-refractivity contribution in [2.45, 2.75) is 12.0 Å². The summed E-state index contributed by atoms with van der Waals surface area (Å²) in [7, 11) is 1.70. The van der Waals surface area contributed by atoms with Crippen LogP contribution in [0, 0.1) is 0 Å². The van der Waals surface area contributed by atoms with E-state index in [4.69, 9.17) is 26.8 Å². The SMILES string of the molecule is COC1(CNc2c(N)cccc2Cl)CCOC1. The average molecular weight is 257 g/mol. The van der Waals surface area contributed by atoms with Crippen molar-refractivity contribution in [1.82, 2.24) is 0 Å². The minimum Gasteiger partial charge on any atom is -0.397 e. The molecule has 5 heteroatoms. The molecule has 0 aliphatic carbocycles. The zero-order chi connectivity index (χ0) is 12.3. The Balaban J connectivity index is 2.06. The number of anilines is 2. The summed E-state index contributed by atoms with van der Waals surface area (Å²) in [5, 5.41) is 3.87. The van der Waals surface area contributed by atoms with Crippen LogP contribution in [0.25, 0.3) is 0 Å². The summed E-state index contributed by atoms with van der Waals surface area (Å²) in [6.07, 6.45) is 0.876. The summed E-state index contributed by atoms with van der Waals surface area (Å²) in [6, 6.07) is 5.46. The first-order valence-electron chi connectivity index (χ1n) is 5.58. The first-order chi connectivity index (χ1) is 8.17. The lowest BCUT2D eigenvalue weighted by atomic mass is 10.0. The van der Waals surface area contributed by atoms with Crippen LogP contribution in [0.15, 0.2) is 18.2 Å². The molecule has 0 bridgehead atoms. The summed E-state index contributed by atoms with van der Waals surface area (Å²) >= 11 is 6.09. The highest BCUT2D eigenvalue weighted by molar-refractivity contribution is 6.33. The maximum Gasteiger partial charge on any atom is 0.110 e. The predicted molar refractivity (Wildman–Crippen MR) is 69.5 cm³/mol. The van der Waals surface area contributed by atoms with Crippen LogP contribution in [0.4, 0.5) is 11.4 Å². The van der Waals surface area contributed by atoms with Crippen molar-refractivity contribution in [2.75, 3.05) is 37.9 Å². The first-order valence-corrected chi connectivity index (χ1v) is 5.95. The summed E-state index contributed by atoms with van der Waals surface area (Å²) < 4.78 is 10.9. The van der Waals surface area contributed by atoms with Crippen LogP contribution >= 0.6 is 11.6 Å². The molecular formula is C12H17ClN2O2. The standard InChI is InChI=1S/C12H17ClN2O2/c1-16-12(5-6-17-8-12)7-15-11-9(13)3-2-4-10(11)14/h2-4,15H,5-8,14H2,1H3. The predicted octanol–water partition coefficient (Wildman–Crippen LogP) is 2.14. The summed E-state index contributed by atoms with van der Waals surface area (Å²) in [5.74, 6) is 0. The molecule has 1 fully saturated rings. The highest BCUT2D eigenvalue weighted by Gasteiger charge is 2.34. The van der Waals surface area contributed by atoms with Gasteiger partial charge in [-0.05, 0) is 12.1 Å². The second kappa shape index (κ2) is 5.12. The van der Waals surface area contributed by atoms with E-state index in [1.165, 1.54) is 0 Å². The summed E-state index contributed by atoms with van der Waals surface area (Å²) in [6.45, 7) is 1.96. The van der Waals surface area contributed by atoms with Crippen molar-refractivity contribution in [3.8, 4) is 0 Å². The Hall–Kier alpha value is -0.970. The fourth-order valence-corrected chi connectivity index (χ4v) is 2.19. The Bertz CT molecular complexity index is 372. The molecule has 0 aromatic heterocycles. The van der Waals surface area contributed by atoms with Gasteiger partial charge in [0.05, 0.1) is 23.0 Å². The van der Waals surface area contributed by atoms with Gasteiger partial charge in [-0.1, -0.05) is 17.7 Å². The Morgan fingerprint density at radius 2 is 2.41 bits per heavy atom. The molecular weight excluding hydrogens is 240 g/mol. The number of hydrogen-bond acceptors (Lipinski definition) is 4. The Kier molecular flexibility index (Phi) is 3.76. The van der Waals surface area contributed by atoms with Crippen LogP contribution in [-0.4, -0.2) is 32.5 Å². The highest BCUT2D eigenvalue weighted by atomic mass is 35.5. The van der Waals surface area contributed by atoms with Crippen molar-refractivity contribution in [1.29, 1.82) is 0 Å². The number of methoxy groups -OCH3 is 1. The second-order valence-electron chi connectivity index (χ2n) is 4.25. The van der Waals surface area contributed by atoms with E-state index in [2.05, 4.69) is 5.32 Å². The third-order valence-corrected chi connectivity index (χ3v) is 3.45. The average Bonchev–Trinajstić information content (AvgIpc) is 2.78. The number of benzene rings is 1. The van der Waals surface area contributed by atoms with Crippen LogP contribution < -0.4 is 11.1 Å². The van der Waals surface area contributed by atoms with E-state index in [0.29, 0.717) is 23.9 Å². The highest BCUT2D eigenvalue weighted by Crippen LogP contribution is 2.30. The topological polar surface area (TPSA) is 56.5 Å². The van der Waals surface area contributed by atoms with Gasteiger partial charge in [-0.15, -0.1) is 0 Å². The number of halogens is 1. The molecule has 94 valence electrons. The van der Waals surface area contributed by atoms with E-state index < -0.39 is 0 Å². The number of para-hydroxylation sites is 1. The molecule has 4 nitrogen and oxygen atoms in total. The number of nitrogens with one attached hydrogen (secondary N) is 1. The fourth-order valence-electron chi connectivity index (χ4n) is 1.94. The number of rotatable bonds is 4. The van der Waals surface area contributed by atoms with Gasteiger partial charge in [-0.25, -0.2) is 0 Å². The van der Waals surface area contributed by atoms with Gasteiger partial charge in [0.2, 0.25) is 0 Å². The van der Waals surface area contributed by atoms with E-state index in [-0.39, 0.29) is 5.60 Å². The smallest absolute Gasteiger partial charge is 0.110 e. The molecule has 17 heavy (non-hydrogen) atoms. The van der Waals surface area contributed by atoms with Gasteiger partial charge in [0.25, 0.3) is 0 Å². The summed E-state index contributed by atoms with van der Waals surface area (Å²) in [5.41, 5.74) is 7.00.